The third kappa shape index (κ3) is 4.11. The summed E-state index contributed by atoms with van der Waals surface area (Å²) in [5.74, 6) is 0. The maximum absolute atomic E-state index is 13.2. The lowest BCUT2D eigenvalue weighted by molar-refractivity contribution is 0.342. The van der Waals surface area contributed by atoms with Crippen molar-refractivity contribution in [3.63, 3.8) is 0 Å². The second-order valence-electron chi connectivity index (χ2n) is 8.51. The molecule has 0 bridgehead atoms. The molecule has 4 nitrogen and oxygen atoms in total. The van der Waals surface area contributed by atoms with Crippen molar-refractivity contribution in [2.24, 2.45) is 0 Å². The number of sulfonamides is 1. The summed E-state index contributed by atoms with van der Waals surface area (Å²) in [4.78, 5) is 2.69. The van der Waals surface area contributed by atoms with Crippen molar-refractivity contribution < 1.29 is 8.42 Å². The highest BCUT2D eigenvalue weighted by Gasteiger charge is 2.32. The number of aryl methyl sites for hydroxylation is 1. The number of rotatable bonds is 5. The van der Waals surface area contributed by atoms with Crippen molar-refractivity contribution in [2.45, 2.75) is 57.4 Å². The predicted molar refractivity (Wildman–Crippen MR) is 117 cm³/mol. The van der Waals surface area contributed by atoms with Crippen LogP contribution >= 0.6 is 0 Å². The highest BCUT2D eigenvalue weighted by Crippen LogP contribution is 2.29. The molecule has 1 fully saturated rings. The summed E-state index contributed by atoms with van der Waals surface area (Å²) < 4.78 is 28.0. The summed E-state index contributed by atoms with van der Waals surface area (Å²) >= 11 is 0. The molecule has 0 amide bonds. The first kappa shape index (κ1) is 20.9. The van der Waals surface area contributed by atoms with Gasteiger partial charge in [0.25, 0.3) is 0 Å². The monoisotopic (exact) mass is 400 g/mol. The van der Waals surface area contributed by atoms with Crippen LogP contribution in [0, 0.1) is 6.92 Å². The zero-order valence-electron chi connectivity index (χ0n) is 17.6. The summed E-state index contributed by atoms with van der Waals surface area (Å²) in [6.45, 7) is 12.4. The topological polar surface area (TPSA) is 40.6 Å². The molecule has 3 rings (SSSR count). The Morgan fingerprint density at radius 3 is 2.32 bits per heavy atom. The normalized spacial score (nSPS) is 19.0. The molecule has 0 saturated carbocycles. The lowest BCUT2D eigenvalue weighted by Gasteiger charge is -2.40. The fourth-order valence-corrected chi connectivity index (χ4v) is 5.28. The Morgan fingerprint density at radius 2 is 1.75 bits per heavy atom. The standard InChI is InChI=1S/C23H32N2O2S/c1-6-23(4,5)20-10-12-22(13-11-20)28(26,27)24-14-15-25(19(3)17-24)21-9-7-8-18(2)16-21/h7-13,16,19H,6,14-15,17H2,1-5H3. The molecule has 28 heavy (non-hydrogen) atoms. The van der Waals surface area contributed by atoms with Crippen LogP contribution in [0.1, 0.15) is 45.2 Å². The molecule has 1 heterocycles. The van der Waals surface area contributed by atoms with E-state index in [4.69, 9.17) is 0 Å². The molecule has 1 aliphatic rings. The molecule has 2 aromatic carbocycles. The molecule has 2 aromatic rings. The molecule has 152 valence electrons. The molecular weight excluding hydrogens is 368 g/mol. The van der Waals surface area contributed by atoms with E-state index in [1.54, 1.807) is 16.4 Å². The molecular formula is C23H32N2O2S. The van der Waals surface area contributed by atoms with Crippen LogP contribution in [-0.4, -0.2) is 38.4 Å². The van der Waals surface area contributed by atoms with Gasteiger partial charge in [0.15, 0.2) is 0 Å². The van der Waals surface area contributed by atoms with Crippen molar-refractivity contribution in [1.29, 1.82) is 0 Å². The lowest BCUT2D eigenvalue weighted by atomic mass is 9.82. The first-order valence-corrected chi connectivity index (χ1v) is 11.5. The van der Waals surface area contributed by atoms with Crippen LogP contribution in [0.15, 0.2) is 53.4 Å². The highest BCUT2D eigenvalue weighted by atomic mass is 32.2. The molecule has 1 atom stereocenters. The van der Waals surface area contributed by atoms with Gasteiger partial charge in [-0.25, -0.2) is 8.42 Å². The summed E-state index contributed by atoms with van der Waals surface area (Å²) in [5.41, 5.74) is 3.60. The SMILES string of the molecule is CCC(C)(C)c1ccc(S(=O)(=O)N2CCN(c3cccc(C)c3)C(C)C2)cc1. The van der Waals surface area contributed by atoms with Crippen molar-refractivity contribution in [2.75, 3.05) is 24.5 Å². The molecule has 1 aliphatic heterocycles. The Balaban J connectivity index is 1.77. The summed E-state index contributed by atoms with van der Waals surface area (Å²) in [6.07, 6.45) is 1.01. The van der Waals surface area contributed by atoms with Gasteiger partial charge < -0.3 is 4.90 Å². The van der Waals surface area contributed by atoms with E-state index in [9.17, 15) is 8.42 Å². The lowest BCUT2D eigenvalue weighted by Crippen LogP contribution is -2.53. The van der Waals surface area contributed by atoms with E-state index in [1.807, 2.05) is 12.1 Å². The van der Waals surface area contributed by atoms with Gasteiger partial charge in [-0.3, -0.25) is 0 Å². The third-order valence-electron chi connectivity index (χ3n) is 6.08. The fraction of sp³-hybridized carbons (Fsp3) is 0.478. The van der Waals surface area contributed by atoms with E-state index < -0.39 is 10.0 Å². The number of benzene rings is 2. The van der Waals surface area contributed by atoms with Crippen LogP contribution in [0.25, 0.3) is 0 Å². The van der Waals surface area contributed by atoms with Crippen LogP contribution in [0.2, 0.25) is 0 Å². The van der Waals surface area contributed by atoms with Gasteiger partial charge in [-0.05, 0) is 61.1 Å². The minimum absolute atomic E-state index is 0.0518. The Morgan fingerprint density at radius 1 is 1.07 bits per heavy atom. The number of piperazine rings is 1. The zero-order chi connectivity index (χ0) is 20.5. The molecule has 0 spiro atoms. The second-order valence-corrected chi connectivity index (χ2v) is 10.4. The fourth-order valence-electron chi connectivity index (χ4n) is 3.76. The van der Waals surface area contributed by atoms with Gasteiger partial charge in [0, 0.05) is 31.4 Å². The molecule has 0 aromatic heterocycles. The molecule has 0 aliphatic carbocycles. The summed E-state index contributed by atoms with van der Waals surface area (Å²) in [7, 11) is -3.47. The van der Waals surface area contributed by atoms with E-state index in [-0.39, 0.29) is 11.5 Å². The molecule has 0 radical (unpaired) electrons. The maximum atomic E-state index is 13.2. The Labute approximate surface area is 170 Å². The first-order valence-electron chi connectivity index (χ1n) is 10.1. The Bertz CT molecular complexity index is 920. The Kier molecular flexibility index (Phi) is 5.87. The molecule has 1 unspecified atom stereocenters. The van der Waals surface area contributed by atoms with E-state index in [0.29, 0.717) is 24.5 Å². The zero-order valence-corrected chi connectivity index (χ0v) is 18.5. The van der Waals surface area contributed by atoms with Crippen LogP contribution in [0.5, 0.6) is 0 Å². The quantitative estimate of drug-likeness (QED) is 0.737. The third-order valence-corrected chi connectivity index (χ3v) is 7.96. The van der Waals surface area contributed by atoms with E-state index in [2.05, 4.69) is 63.8 Å². The van der Waals surface area contributed by atoms with Gasteiger partial charge in [-0.15, -0.1) is 0 Å². The van der Waals surface area contributed by atoms with Gasteiger partial charge in [0.2, 0.25) is 10.0 Å². The van der Waals surface area contributed by atoms with Gasteiger partial charge in [-0.1, -0.05) is 45.0 Å². The van der Waals surface area contributed by atoms with Crippen LogP contribution in [0.4, 0.5) is 5.69 Å². The average Bonchev–Trinajstić information content (AvgIpc) is 2.68. The number of anilines is 1. The first-order chi connectivity index (χ1) is 13.1. The van der Waals surface area contributed by atoms with Crippen molar-refractivity contribution in [3.05, 3.63) is 59.7 Å². The van der Waals surface area contributed by atoms with E-state index >= 15 is 0 Å². The van der Waals surface area contributed by atoms with Gasteiger partial charge in [0.1, 0.15) is 0 Å². The summed E-state index contributed by atoms with van der Waals surface area (Å²) in [6, 6.07) is 16.0. The van der Waals surface area contributed by atoms with Gasteiger partial charge in [-0.2, -0.15) is 4.31 Å². The number of hydrogen-bond donors (Lipinski definition) is 0. The van der Waals surface area contributed by atoms with Crippen molar-refractivity contribution in [3.8, 4) is 0 Å². The second kappa shape index (κ2) is 7.88. The molecule has 0 N–H and O–H groups in total. The van der Waals surface area contributed by atoms with Crippen LogP contribution < -0.4 is 4.90 Å². The predicted octanol–water partition coefficient (Wildman–Crippen LogP) is 4.58. The minimum atomic E-state index is -3.47. The van der Waals surface area contributed by atoms with Crippen molar-refractivity contribution >= 4 is 15.7 Å². The maximum Gasteiger partial charge on any atom is 0.243 e. The van der Waals surface area contributed by atoms with Crippen LogP contribution in [-0.2, 0) is 15.4 Å². The Hall–Kier alpha value is -1.85. The number of hydrogen-bond acceptors (Lipinski definition) is 3. The van der Waals surface area contributed by atoms with Gasteiger partial charge >= 0.3 is 0 Å². The summed E-state index contributed by atoms with van der Waals surface area (Å²) in [5, 5.41) is 0. The number of nitrogens with zero attached hydrogens (tertiary/aromatic N) is 2. The van der Waals surface area contributed by atoms with E-state index in [0.717, 1.165) is 12.1 Å². The van der Waals surface area contributed by atoms with Crippen LogP contribution in [0.3, 0.4) is 0 Å². The largest absolute Gasteiger partial charge is 0.366 e. The smallest absolute Gasteiger partial charge is 0.243 e. The average molecular weight is 401 g/mol. The highest BCUT2D eigenvalue weighted by molar-refractivity contribution is 7.89. The van der Waals surface area contributed by atoms with E-state index in [1.165, 1.54) is 11.1 Å². The minimum Gasteiger partial charge on any atom is -0.366 e. The van der Waals surface area contributed by atoms with Crippen molar-refractivity contribution in [1.82, 2.24) is 4.31 Å². The van der Waals surface area contributed by atoms with Gasteiger partial charge in [0.05, 0.1) is 4.90 Å². The molecule has 5 heteroatoms. The molecule has 1 saturated heterocycles.